The van der Waals surface area contributed by atoms with Crippen molar-refractivity contribution < 1.29 is 13.7 Å². The molecule has 3 heterocycles. The van der Waals surface area contributed by atoms with Crippen LogP contribution >= 0.6 is 0 Å². The van der Waals surface area contributed by atoms with Crippen LogP contribution in [0.4, 0.5) is 0 Å². The predicted molar refractivity (Wildman–Crippen MR) is 104 cm³/mol. The number of ether oxygens (including phenoxy) is 1. The van der Waals surface area contributed by atoms with E-state index in [1.54, 1.807) is 23.0 Å². The van der Waals surface area contributed by atoms with Crippen LogP contribution in [0.3, 0.4) is 0 Å². The fraction of sp³-hybridized carbons (Fsp3) is 0.316. The van der Waals surface area contributed by atoms with Gasteiger partial charge >= 0.3 is 0 Å². The molecule has 0 saturated carbocycles. The second kappa shape index (κ2) is 6.86. The van der Waals surface area contributed by atoms with Gasteiger partial charge in [-0.1, -0.05) is 18.2 Å². The lowest BCUT2D eigenvalue weighted by Gasteiger charge is -2.12. The standard InChI is InChI=1S/C19H20N4O3S/c1-13-20-8-9-23(13)18-11-16(15-5-3-4-6-17(15)21-18)19(24)22-27(2,25)14-7-10-26-12-14/h3-6,8-9,11,14H,7,10,12H2,1-2H3. The van der Waals surface area contributed by atoms with Crippen molar-refractivity contribution in [2.24, 2.45) is 4.36 Å². The van der Waals surface area contributed by atoms with Crippen molar-refractivity contribution in [1.29, 1.82) is 0 Å². The summed E-state index contributed by atoms with van der Waals surface area (Å²) >= 11 is 0. The molecule has 1 saturated heterocycles. The number of benzene rings is 1. The monoisotopic (exact) mass is 384 g/mol. The molecular formula is C19H20N4O3S. The topological polar surface area (TPSA) is 86.4 Å². The van der Waals surface area contributed by atoms with Crippen molar-refractivity contribution in [2.45, 2.75) is 18.6 Å². The van der Waals surface area contributed by atoms with E-state index >= 15 is 0 Å². The van der Waals surface area contributed by atoms with E-state index in [1.807, 2.05) is 31.2 Å². The normalized spacial score (nSPS) is 19.1. The second-order valence-electron chi connectivity index (χ2n) is 6.63. The van der Waals surface area contributed by atoms with Crippen molar-refractivity contribution in [2.75, 3.05) is 19.5 Å². The molecule has 1 fully saturated rings. The van der Waals surface area contributed by atoms with Crippen LogP contribution in [0.2, 0.25) is 0 Å². The van der Waals surface area contributed by atoms with Gasteiger partial charge in [-0.05, 0) is 25.5 Å². The van der Waals surface area contributed by atoms with Gasteiger partial charge in [0.2, 0.25) is 0 Å². The van der Waals surface area contributed by atoms with Crippen LogP contribution in [-0.4, -0.2) is 49.4 Å². The van der Waals surface area contributed by atoms with E-state index in [0.29, 0.717) is 41.9 Å². The highest BCUT2D eigenvalue weighted by molar-refractivity contribution is 7.93. The number of fused-ring (bicyclic) bond motifs is 1. The van der Waals surface area contributed by atoms with E-state index in [2.05, 4.69) is 14.3 Å². The van der Waals surface area contributed by atoms with Crippen molar-refractivity contribution in [3.05, 3.63) is 54.1 Å². The third-order valence-corrected chi connectivity index (χ3v) is 6.91. The fourth-order valence-corrected chi connectivity index (χ4v) is 4.69. The Hall–Kier alpha value is -2.58. The Morgan fingerprint density at radius 2 is 2.19 bits per heavy atom. The Labute approximate surface area is 157 Å². The van der Waals surface area contributed by atoms with Crippen molar-refractivity contribution in [1.82, 2.24) is 14.5 Å². The summed E-state index contributed by atoms with van der Waals surface area (Å²) in [5.41, 5.74) is 1.06. The quantitative estimate of drug-likeness (QED) is 0.693. The molecule has 1 amide bonds. The number of rotatable bonds is 3. The van der Waals surface area contributed by atoms with Gasteiger partial charge < -0.3 is 4.74 Å². The van der Waals surface area contributed by atoms with E-state index in [-0.39, 0.29) is 5.25 Å². The van der Waals surface area contributed by atoms with Gasteiger partial charge in [0.1, 0.15) is 11.6 Å². The maximum atomic E-state index is 13.0. The van der Waals surface area contributed by atoms with Gasteiger partial charge in [-0.2, -0.15) is 4.36 Å². The fourth-order valence-electron chi connectivity index (χ4n) is 3.23. The molecule has 7 nitrogen and oxygen atoms in total. The first-order chi connectivity index (χ1) is 13.0. The van der Waals surface area contributed by atoms with Crippen molar-refractivity contribution in [3.63, 3.8) is 0 Å². The van der Waals surface area contributed by atoms with Crippen LogP contribution in [0, 0.1) is 6.92 Å². The number of carbonyl (C=O) groups excluding carboxylic acids is 1. The minimum Gasteiger partial charge on any atom is -0.380 e. The van der Waals surface area contributed by atoms with Crippen LogP contribution < -0.4 is 0 Å². The Bertz CT molecular complexity index is 1140. The summed E-state index contributed by atoms with van der Waals surface area (Å²) in [7, 11) is -2.69. The number of aromatic nitrogens is 3. The number of aryl methyl sites for hydroxylation is 1. The number of nitrogens with zero attached hydrogens (tertiary/aromatic N) is 4. The molecule has 3 aromatic rings. The number of pyridine rings is 1. The number of para-hydroxylation sites is 1. The second-order valence-corrected chi connectivity index (χ2v) is 9.20. The predicted octanol–water partition coefficient (Wildman–Crippen LogP) is 2.76. The smallest absolute Gasteiger partial charge is 0.285 e. The summed E-state index contributed by atoms with van der Waals surface area (Å²) < 4.78 is 24.2. The minimum absolute atomic E-state index is 0.218. The molecule has 27 heavy (non-hydrogen) atoms. The minimum atomic E-state index is -2.69. The highest BCUT2D eigenvalue weighted by Crippen LogP contribution is 2.23. The summed E-state index contributed by atoms with van der Waals surface area (Å²) in [6.45, 7) is 2.80. The van der Waals surface area contributed by atoms with Gasteiger partial charge in [-0.15, -0.1) is 0 Å². The first-order valence-corrected chi connectivity index (χ1v) is 10.7. The molecule has 0 radical (unpaired) electrons. The molecule has 1 aromatic carbocycles. The lowest BCUT2D eigenvalue weighted by molar-refractivity contribution is 0.101. The molecule has 2 unspecified atom stereocenters. The number of hydrogen-bond acceptors (Lipinski definition) is 5. The zero-order valence-corrected chi connectivity index (χ0v) is 16.0. The van der Waals surface area contributed by atoms with Gasteiger partial charge in [0.15, 0.2) is 0 Å². The number of carbonyl (C=O) groups is 1. The molecule has 4 rings (SSSR count). The summed E-state index contributed by atoms with van der Waals surface area (Å²) in [5, 5.41) is 0.468. The van der Waals surface area contributed by atoms with E-state index in [4.69, 9.17) is 4.74 Å². The maximum Gasteiger partial charge on any atom is 0.285 e. The SMILES string of the molecule is Cc1nccn1-c1cc(C(=O)N=S(C)(=O)C2CCOC2)c2ccccc2n1. The third-order valence-electron chi connectivity index (χ3n) is 4.78. The van der Waals surface area contributed by atoms with Crippen LogP contribution in [0.15, 0.2) is 47.1 Å². The molecule has 2 atom stereocenters. The van der Waals surface area contributed by atoms with Crippen molar-refractivity contribution >= 4 is 26.5 Å². The lowest BCUT2D eigenvalue weighted by atomic mass is 10.1. The highest BCUT2D eigenvalue weighted by Gasteiger charge is 2.26. The van der Waals surface area contributed by atoms with Gasteiger partial charge in [-0.3, -0.25) is 9.36 Å². The molecule has 2 aromatic heterocycles. The Balaban J connectivity index is 1.86. The third kappa shape index (κ3) is 3.38. The molecule has 0 N–H and O–H groups in total. The maximum absolute atomic E-state index is 13.0. The van der Waals surface area contributed by atoms with E-state index in [0.717, 1.165) is 5.82 Å². The first kappa shape index (κ1) is 17.8. The summed E-state index contributed by atoms with van der Waals surface area (Å²) in [4.78, 5) is 21.8. The molecule has 0 aliphatic carbocycles. The molecular weight excluding hydrogens is 364 g/mol. The largest absolute Gasteiger partial charge is 0.380 e. The molecule has 1 aliphatic rings. The van der Waals surface area contributed by atoms with Crippen LogP contribution in [0.25, 0.3) is 16.7 Å². The summed E-state index contributed by atoms with van der Waals surface area (Å²) in [6.07, 6.45) is 5.66. The zero-order chi connectivity index (χ0) is 19.0. The summed E-state index contributed by atoms with van der Waals surface area (Å²) in [6, 6.07) is 9.06. The van der Waals surface area contributed by atoms with E-state index in [9.17, 15) is 9.00 Å². The molecule has 140 valence electrons. The van der Waals surface area contributed by atoms with E-state index in [1.165, 1.54) is 6.26 Å². The van der Waals surface area contributed by atoms with Crippen molar-refractivity contribution in [3.8, 4) is 5.82 Å². The Kier molecular flexibility index (Phi) is 4.53. The molecule has 1 aliphatic heterocycles. The number of imidazole rings is 1. The first-order valence-electron chi connectivity index (χ1n) is 8.69. The average Bonchev–Trinajstić information content (AvgIpc) is 3.32. The van der Waals surface area contributed by atoms with Gasteiger partial charge in [0, 0.05) is 30.6 Å². The van der Waals surface area contributed by atoms with Gasteiger partial charge in [0.05, 0.1) is 32.7 Å². The van der Waals surface area contributed by atoms with Gasteiger partial charge in [0.25, 0.3) is 5.91 Å². The molecule has 0 bridgehead atoms. The number of hydrogen-bond donors (Lipinski definition) is 0. The highest BCUT2D eigenvalue weighted by atomic mass is 32.2. The number of amides is 1. The summed E-state index contributed by atoms with van der Waals surface area (Å²) in [5.74, 6) is 0.844. The van der Waals surface area contributed by atoms with Crippen LogP contribution in [-0.2, 0) is 14.5 Å². The van der Waals surface area contributed by atoms with Crippen LogP contribution in [0.1, 0.15) is 22.6 Å². The molecule has 8 heteroatoms. The molecule has 0 spiro atoms. The van der Waals surface area contributed by atoms with Gasteiger partial charge in [-0.25, -0.2) is 14.2 Å². The lowest BCUT2D eigenvalue weighted by Crippen LogP contribution is -2.21. The van der Waals surface area contributed by atoms with Crippen LogP contribution in [0.5, 0.6) is 0 Å². The average molecular weight is 384 g/mol. The zero-order valence-electron chi connectivity index (χ0n) is 15.2. The Morgan fingerprint density at radius 1 is 1.37 bits per heavy atom. The van der Waals surface area contributed by atoms with E-state index < -0.39 is 15.6 Å². The Morgan fingerprint density at radius 3 is 2.89 bits per heavy atom.